The molecule has 1 aliphatic carbocycles. The Morgan fingerprint density at radius 3 is 2.12 bits per heavy atom. The van der Waals surface area contributed by atoms with Crippen LogP contribution in [0.3, 0.4) is 0 Å². The fourth-order valence-electron chi connectivity index (χ4n) is 7.77. The summed E-state index contributed by atoms with van der Waals surface area (Å²) in [7, 11) is 0. The molecule has 4 heteroatoms. The molecule has 9 rings (SSSR count). The normalized spacial score (nSPS) is 17.5. The summed E-state index contributed by atoms with van der Waals surface area (Å²) < 4.78 is 108. The molecule has 0 atom stereocenters. The van der Waals surface area contributed by atoms with E-state index in [4.69, 9.17) is 20.9 Å². The first-order valence-electron chi connectivity index (χ1n) is 26.4. The minimum Gasteiger partial charge on any atom is -0.500 e. The van der Waals surface area contributed by atoms with Crippen LogP contribution in [-0.2, 0) is 39.2 Å². The number of benzene rings is 5. The molecule has 0 spiro atoms. The van der Waals surface area contributed by atoms with Crippen LogP contribution in [0.1, 0.15) is 111 Å². The second-order valence-electron chi connectivity index (χ2n) is 17.5. The van der Waals surface area contributed by atoms with Gasteiger partial charge in [0.1, 0.15) is 5.58 Å². The van der Waals surface area contributed by atoms with Gasteiger partial charge in [0.25, 0.3) is 0 Å². The number of hydrogen-bond donors (Lipinski definition) is 0. The molecule has 60 heavy (non-hydrogen) atoms. The molecule has 1 fully saturated rings. The van der Waals surface area contributed by atoms with Gasteiger partial charge in [0.2, 0.25) is 0 Å². The van der Waals surface area contributed by atoms with E-state index in [1.807, 2.05) is 72.8 Å². The van der Waals surface area contributed by atoms with Gasteiger partial charge in [-0.15, -0.1) is 47.5 Å². The van der Waals surface area contributed by atoms with Gasteiger partial charge < -0.3 is 14.4 Å². The summed E-state index contributed by atoms with van der Waals surface area (Å²) in [6.45, 7) is 5.91. The number of furan rings is 1. The summed E-state index contributed by atoms with van der Waals surface area (Å²) in [5.74, 6) is -0.212. The SMILES string of the molecule is [2H]C([2H])([2H])c1c[c-]c(-c2cc(C([2H])([2H])C(C)(C)C)c(C([2H])([2H])C(C)(C)C)cn2)cc1-c1ccccc1.[2H]C([2H])([2H])c1cnc(-c2[c-]ccc3c2oc2c4ccccc4ccc32)cc1C([2H])([2H])C1CCCC1.[Ir]. The van der Waals surface area contributed by atoms with Crippen molar-refractivity contribution in [2.24, 2.45) is 16.7 Å². The van der Waals surface area contributed by atoms with E-state index in [9.17, 15) is 0 Å². The standard InChI is InChI=1S/C28H24NO.C28H34N.Ir/c1-18-17-29-26(16-21(18)15-19-7-2-3-8-19)25-12-6-11-23-24-14-13-20-9-4-5-10-22(20)27(24)30-28(23)25;1-20-13-14-22(15-25(20)21-11-9-8-10-12-21)26-16-23(17-27(2,3)4)24(19-29-26)18-28(5,6)7;/h4-6,9-11,13-14,16-17,19H,2-3,7-8,15H2,1H3;8-13,15-16,19H,17-18H2,1-7H3;/q2*-1;/i1D3,15D2;1D3,17D2,18D2;. The predicted molar refractivity (Wildman–Crippen MR) is 249 cm³/mol. The molecular formula is C56H58IrN2O-2. The van der Waals surface area contributed by atoms with Crippen LogP contribution in [0, 0.1) is 42.6 Å². The average Bonchev–Trinajstić information content (AvgIpc) is 4.00. The molecule has 0 saturated heterocycles. The molecule has 5 aromatic carbocycles. The topological polar surface area (TPSA) is 38.9 Å². The van der Waals surface area contributed by atoms with Crippen molar-refractivity contribution in [3.05, 3.63) is 155 Å². The van der Waals surface area contributed by atoms with Crippen molar-refractivity contribution in [2.45, 2.75) is 100 Å². The fourth-order valence-corrected chi connectivity index (χ4v) is 7.77. The molecule has 0 N–H and O–H groups in total. The maximum atomic E-state index is 8.98. The van der Waals surface area contributed by atoms with Crippen LogP contribution in [-0.4, -0.2) is 9.97 Å². The second-order valence-corrected chi connectivity index (χ2v) is 17.5. The van der Waals surface area contributed by atoms with Gasteiger partial charge in [-0.05, 0) is 81.7 Å². The third kappa shape index (κ3) is 9.83. The number of aryl methyl sites for hydroxylation is 2. The Labute approximate surface area is 388 Å². The van der Waals surface area contributed by atoms with Gasteiger partial charge in [0, 0.05) is 59.7 Å². The quantitative estimate of drug-likeness (QED) is 0.149. The zero-order valence-electron chi connectivity index (χ0n) is 47.0. The molecular weight excluding hydrogens is 909 g/mol. The van der Waals surface area contributed by atoms with Gasteiger partial charge in [-0.1, -0.05) is 175 Å². The van der Waals surface area contributed by atoms with Gasteiger partial charge in [0.15, 0.2) is 0 Å². The number of nitrogens with zero attached hydrogens (tertiary/aromatic N) is 2. The van der Waals surface area contributed by atoms with E-state index in [1.54, 1.807) is 59.7 Å². The van der Waals surface area contributed by atoms with E-state index in [0.29, 0.717) is 33.7 Å². The third-order valence-electron chi connectivity index (χ3n) is 10.4. The van der Waals surface area contributed by atoms with Crippen LogP contribution in [0.2, 0.25) is 0 Å². The van der Waals surface area contributed by atoms with Crippen LogP contribution in [0.5, 0.6) is 0 Å². The molecule has 0 bridgehead atoms. The van der Waals surface area contributed by atoms with E-state index in [2.05, 4.69) is 28.2 Å². The molecule has 0 unspecified atom stereocenters. The summed E-state index contributed by atoms with van der Waals surface area (Å²) in [6.07, 6.45) is 0.678. The van der Waals surface area contributed by atoms with Crippen LogP contribution in [0.25, 0.3) is 66.4 Å². The Hall–Kier alpha value is -4.89. The Morgan fingerprint density at radius 1 is 0.683 bits per heavy atom. The second kappa shape index (κ2) is 18.0. The monoisotopic (exact) mass is 979 g/mol. The Kier molecular flexibility index (Phi) is 9.05. The zero-order valence-corrected chi connectivity index (χ0v) is 37.4. The van der Waals surface area contributed by atoms with E-state index in [1.165, 1.54) is 18.5 Å². The van der Waals surface area contributed by atoms with Crippen molar-refractivity contribution < 1.29 is 41.0 Å². The fraction of sp³-hybridized carbons (Fsp3) is 0.321. The number of fused-ring (bicyclic) bond motifs is 5. The molecule has 1 aliphatic rings. The van der Waals surface area contributed by atoms with Crippen molar-refractivity contribution in [1.82, 2.24) is 9.97 Å². The molecule has 309 valence electrons. The first-order chi connectivity index (χ1) is 33.0. The summed E-state index contributed by atoms with van der Waals surface area (Å²) in [6, 6.07) is 37.8. The van der Waals surface area contributed by atoms with Gasteiger partial charge >= 0.3 is 0 Å². The van der Waals surface area contributed by atoms with Crippen LogP contribution in [0.4, 0.5) is 0 Å². The first kappa shape index (κ1) is 30.2. The van der Waals surface area contributed by atoms with Crippen LogP contribution >= 0.6 is 0 Å². The van der Waals surface area contributed by atoms with E-state index in [-0.39, 0.29) is 53.8 Å². The molecule has 1 saturated carbocycles. The summed E-state index contributed by atoms with van der Waals surface area (Å²) in [5.41, 5.74) is 3.79. The molecule has 3 heterocycles. The van der Waals surface area contributed by atoms with E-state index in [0.717, 1.165) is 58.4 Å². The number of pyridine rings is 2. The molecule has 8 aromatic rings. The predicted octanol–water partition coefficient (Wildman–Crippen LogP) is 15.3. The van der Waals surface area contributed by atoms with Crippen molar-refractivity contribution in [3.8, 4) is 33.6 Å². The smallest absolute Gasteiger partial charge is 0.128 e. The number of aromatic nitrogens is 2. The number of rotatable bonds is 7. The van der Waals surface area contributed by atoms with Crippen molar-refractivity contribution in [1.29, 1.82) is 0 Å². The third-order valence-corrected chi connectivity index (χ3v) is 10.4. The van der Waals surface area contributed by atoms with Gasteiger partial charge in [-0.3, -0.25) is 0 Å². The molecule has 3 aromatic heterocycles. The maximum Gasteiger partial charge on any atom is 0.128 e. The molecule has 3 nitrogen and oxygen atoms in total. The Bertz CT molecular complexity index is 3250. The molecule has 1 radical (unpaired) electrons. The van der Waals surface area contributed by atoms with Gasteiger partial charge in [-0.2, -0.15) is 0 Å². The minimum atomic E-state index is -2.46. The average molecular weight is 979 g/mol. The summed E-state index contributed by atoms with van der Waals surface area (Å²) in [5, 5.41) is 3.99. The van der Waals surface area contributed by atoms with Gasteiger partial charge in [0.05, 0.1) is 5.58 Å². The van der Waals surface area contributed by atoms with Crippen LogP contribution < -0.4 is 0 Å². The maximum absolute atomic E-state index is 8.98. The van der Waals surface area contributed by atoms with Crippen LogP contribution in [0.15, 0.2) is 120 Å². The summed E-state index contributed by atoms with van der Waals surface area (Å²) in [4.78, 5) is 9.01. The largest absolute Gasteiger partial charge is 0.500 e. The molecule has 0 amide bonds. The van der Waals surface area contributed by atoms with E-state index >= 15 is 0 Å². The number of hydrogen-bond acceptors (Lipinski definition) is 3. The first-order valence-corrected chi connectivity index (χ1v) is 20.4. The van der Waals surface area contributed by atoms with Crippen molar-refractivity contribution in [2.75, 3.05) is 0 Å². The van der Waals surface area contributed by atoms with Gasteiger partial charge in [-0.25, -0.2) is 0 Å². The van der Waals surface area contributed by atoms with E-state index < -0.39 is 43.7 Å². The summed E-state index contributed by atoms with van der Waals surface area (Å²) >= 11 is 0. The zero-order chi connectivity index (χ0) is 51.7. The molecule has 0 aliphatic heterocycles. The van der Waals surface area contributed by atoms with Crippen molar-refractivity contribution >= 4 is 32.7 Å². The van der Waals surface area contributed by atoms with Crippen molar-refractivity contribution in [3.63, 3.8) is 0 Å². The Morgan fingerprint density at radius 2 is 1.37 bits per heavy atom. The minimum absolute atomic E-state index is 0. The Balaban J connectivity index is 0.000000208.